The Bertz CT molecular complexity index is 248. The zero-order chi connectivity index (χ0) is 9.19. The predicted octanol–water partition coefficient (Wildman–Crippen LogP) is 2.85. The van der Waals surface area contributed by atoms with Gasteiger partial charge in [-0.2, -0.15) is 13.2 Å². The normalized spacial score (nSPS) is 17.2. The summed E-state index contributed by atoms with van der Waals surface area (Å²) in [4.78, 5) is 3.43. The molecule has 1 heterocycles. The third kappa shape index (κ3) is 1.96. The van der Waals surface area contributed by atoms with E-state index in [0.717, 1.165) is 6.08 Å². The Kier molecular flexibility index (Phi) is 2.35. The van der Waals surface area contributed by atoms with Crippen molar-refractivity contribution in [1.82, 2.24) is 0 Å². The largest absolute Gasteiger partial charge is 0.433 e. The van der Waals surface area contributed by atoms with Crippen LogP contribution in [0.2, 0.25) is 0 Å². The Morgan fingerprint density at radius 3 is 2.67 bits per heavy atom. The van der Waals surface area contributed by atoms with Gasteiger partial charge in [-0.3, -0.25) is 4.99 Å². The fourth-order valence-electron chi connectivity index (χ4n) is 0.951. The maximum Gasteiger partial charge on any atom is 0.433 e. The number of alkyl halides is 3. The molecule has 0 aromatic rings. The number of rotatable bonds is 2. The zero-order valence-electron chi connectivity index (χ0n) is 6.36. The minimum absolute atomic E-state index is 0.293. The lowest BCUT2D eigenvalue weighted by atomic mass is 10.2. The molecular weight excluding hydrogens is 167 g/mol. The van der Waals surface area contributed by atoms with Gasteiger partial charge in [0, 0.05) is 18.6 Å². The SMILES string of the molecule is C=CCC1=NC(C(F)(F)F)=CC1. The van der Waals surface area contributed by atoms with Crippen LogP contribution in [-0.2, 0) is 0 Å². The van der Waals surface area contributed by atoms with Crippen molar-refractivity contribution < 1.29 is 13.2 Å². The first-order valence-corrected chi connectivity index (χ1v) is 3.48. The highest BCUT2D eigenvalue weighted by Gasteiger charge is 2.35. The van der Waals surface area contributed by atoms with Gasteiger partial charge < -0.3 is 0 Å². The van der Waals surface area contributed by atoms with Gasteiger partial charge in [0.1, 0.15) is 5.70 Å². The highest BCUT2D eigenvalue weighted by atomic mass is 19.4. The van der Waals surface area contributed by atoms with Crippen molar-refractivity contribution in [2.24, 2.45) is 4.99 Å². The summed E-state index contributed by atoms with van der Waals surface area (Å²) in [5.74, 6) is 0. The minimum Gasteiger partial charge on any atom is -0.252 e. The van der Waals surface area contributed by atoms with Crippen LogP contribution < -0.4 is 0 Å². The van der Waals surface area contributed by atoms with Gasteiger partial charge in [-0.25, -0.2) is 0 Å². The van der Waals surface area contributed by atoms with E-state index in [1.807, 2.05) is 0 Å². The molecule has 0 fully saturated rings. The lowest BCUT2D eigenvalue weighted by Crippen LogP contribution is -2.08. The molecule has 0 unspecified atom stereocenters. The van der Waals surface area contributed by atoms with Gasteiger partial charge in [0.25, 0.3) is 0 Å². The van der Waals surface area contributed by atoms with Gasteiger partial charge in [-0.1, -0.05) is 6.08 Å². The number of hydrogen-bond acceptors (Lipinski definition) is 1. The number of halogens is 3. The highest BCUT2D eigenvalue weighted by molar-refractivity contribution is 5.90. The Labute approximate surface area is 68.3 Å². The molecule has 0 amide bonds. The van der Waals surface area contributed by atoms with E-state index in [1.54, 1.807) is 6.08 Å². The molecule has 4 heteroatoms. The number of nitrogens with zero attached hydrogens (tertiary/aromatic N) is 1. The van der Waals surface area contributed by atoms with Crippen LogP contribution in [0, 0.1) is 0 Å². The molecule has 0 radical (unpaired) electrons. The molecule has 0 spiro atoms. The Morgan fingerprint density at radius 1 is 1.58 bits per heavy atom. The van der Waals surface area contributed by atoms with Crippen LogP contribution in [0.5, 0.6) is 0 Å². The minimum atomic E-state index is -4.30. The second kappa shape index (κ2) is 3.13. The van der Waals surface area contributed by atoms with Crippen molar-refractivity contribution in [3.05, 3.63) is 24.4 Å². The van der Waals surface area contributed by atoms with Crippen LogP contribution in [0.3, 0.4) is 0 Å². The molecule has 1 rings (SSSR count). The van der Waals surface area contributed by atoms with E-state index < -0.39 is 11.9 Å². The van der Waals surface area contributed by atoms with Crippen LogP contribution in [0.4, 0.5) is 13.2 Å². The van der Waals surface area contributed by atoms with Crippen molar-refractivity contribution in [2.45, 2.75) is 19.0 Å². The molecule has 0 saturated carbocycles. The molecule has 1 aliphatic rings. The fourth-order valence-corrected chi connectivity index (χ4v) is 0.951. The smallest absolute Gasteiger partial charge is 0.252 e. The van der Waals surface area contributed by atoms with Crippen molar-refractivity contribution in [2.75, 3.05) is 0 Å². The van der Waals surface area contributed by atoms with E-state index in [0.29, 0.717) is 18.6 Å². The first-order chi connectivity index (χ1) is 5.54. The Morgan fingerprint density at radius 2 is 2.25 bits per heavy atom. The standard InChI is InChI=1S/C8H8F3N/c1-2-3-6-4-5-7(12-6)8(9,10)11/h2,5H,1,3-4H2. The second-order valence-corrected chi connectivity index (χ2v) is 2.46. The van der Waals surface area contributed by atoms with Crippen molar-refractivity contribution in [3.63, 3.8) is 0 Å². The van der Waals surface area contributed by atoms with Gasteiger partial charge in [0.05, 0.1) is 0 Å². The van der Waals surface area contributed by atoms with Gasteiger partial charge in [-0.05, 0) is 6.08 Å². The highest BCUT2D eigenvalue weighted by Crippen LogP contribution is 2.30. The summed E-state index contributed by atoms with van der Waals surface area (Å²) in [6.45, 7) is 3.43. The predicted molar refractivity (Wildman–Crippen MR) is 41.0 cm³/mol. The molecule has 0 aromatic heterocycles. The molecule has 1 aliphatic heterocycles. The van der Waals surface area contributed by atoms with E-state index >= 15 is 0 Å². The molecular formula is C8H8F3N. The average Bonchev–Trinajstić information content (AvgIpc) is 2.35. The molecule has 0 bridgehead atoms. The van der Waals surface area contributed by atoms with Gasteiger partial charge in [0.15, 0.2) is 0 Å². The van der Waals surface area contributed by atoms with E-state index in [4.69, 9.17) is 0 Å². The van der Waals surface area contributed by atoms with Crippen molar-refractivity contribution in [1.29, 1.82) is 0 Å². The Hall–Kier alpha value is -1.06. The molecule has 0 aliphatic carbocycles. The molecule has 0 aromatic carbocycles. The zero-order valence-corrected chi connectivity index (χ0v) is 6.36. The van der Waals surface area contributed by atoms with Gasteiger partial charge in [-0.15, -0.1) is 6.58 Å². The van der Waals surface area contributed by atoms with Gasteiger partial charge >= 0.3 is 6.18 Å². The second-order valence-electron chi connectivity index (χ2n) is 2.46. The molecule has 66 valence electrons. The van der Waals surface area contributed by atoms with E-state index in [1.165, 1.54) is 0 Å². The number of allylic oxidation sites excluding steroid dienone is 3. The average molecular weight is 175 g/mol. The lowest BCUT2D eigenvalue weighted by molar-refractivity contribution is -0.0921. The number of aliphatic imine (C=N–C) groups is 1. The van der Waals surface area contributed by atoms with Crippen LogP contribution in [-0.4, -0.2) is 11.9 Å². The van der Waals surface area contributed by atoms with Crippen LogP contribution >= 0.6 is 0 Å². The maximum atomic E-state index is 12.0. The van der Waals surface area contributed by atoms with Crippen LogP contribution in [0.25, 0.3) is 0 Å². The van der Waals surface area contributed by atoms with E-state index in [-0.39, 0.29) is 0 Å². The van der Waals surface area contributed by atoms with Crippen LogP contribution in [0.1, 0.15) is 12.8 Å². The van der Waals surface area contributed by atoms with E-state index in [2.05, 4.69) is 11.6 Å². The van der Waals surface area contributed by atoms with E-state index in [9.17, 15) is 13.2 Å². The summed E-state index contributed by atoms with van der Waals surface area (Å²) in [6.07, 6.45) is -0.940. The third-order valence-electron chi connectivity index (χ3n) is 1.48. The summed E-state index contributed by atoms with van der Waals surface area (Å²) < 4.78 is 35.9. The summed E-state index contributed by atoms with van der Waals surface area (Å²) in [5.41, 5.74) is -0.253. The lowest BCUT2D eigenvalue weighted by Gasteiger charge is -2.02. The summed E-state index contributed by atoms with van der Waals surface area (Å²) >= 11 is 0. The fraction of sp³-hybridized carbons (Fsp3) is 0.375. The Balaban J connectivity index is 2.67. The first kappa shape index (κ1) is 9.03. The maximum absolute atomic E-state index is 12.0. The van der Waals surface area contributed by atoms with Gasteiger partial charge in [0.2, 0.25) is 0 Å². The summed E-state index contributed by atoms with van der Waals surface area (Å²) in [7, 11) is 0. The van der Waals surface area contributed by atoms with Crippen LogP contribution in [0.15, 0.2) is 29.4 Å². The quantitative estimate of drug-likeness (QED) is 0.572. The topological polar surface area (TPSA) is 12.4 Å². The third-order valence-corrected chi connectivity index (χ3v) is 1.48. The summed E-state index contributed by atoms with van der Waals surface area (Å²) in [6, 6.07) is 0. The van der Waals surface area contributed by atoms with Crippen molar-refractivity contribution in [3.8, 4) is 0 Å². The number of hydrogen-bond donors (Lipinski definition) is 0. The molecule has 0 atom stereocenters. The van der Waals surface area contributed by atoms with Crippen molar-refractivity contribution >= 4 is 5.71 Å². The molecule has 1 nitrogen and oxygen atoms in total. The molecule has 12 heavy (non-hydrogen) atoms. The molecule has 0 N–H and O–H groups in total. The monoisotopic (exact) mass is 175 g/mol. The first-order valence-electron chi connectivity index (χ1n) is 3.48. The summed E-state index contributed by atoms with van der Waals surface area (Å²) in [5, 5.41) is 0. The molecule has 0 saturated heterocycles.